The molecular formula is C15H21NO3. The fourth-order valence-electron chi connectivity index (χ4n) is 3.22. The van der Waals surface area contributed by atoms with Crippen LogP contribution in [0.3, 0.4) is 0 Å². The van der Waals surface area contributed by atoms with Crippen molar-refractivity contribution in [1.29, 1.82) is 0 Å². The molecule has 3 rings (SSSR count). The van der Waals surface area contributed by atoms with Crippen LogP contribution in [0.1, 0.15) is 36.6 Å². The number of aromatic nitrogens is 1. The Kier molecular flexibility index (Phi) is 3.56. The van der Waals surface area contributed by atoms with E-state index in [1.807, 2.05) is 19.1 Å². The first-order chi connectivity index (χ1) is 9.19. The summed E-state index contributed by atoms with van der Waals surface area (Å²) in [5, 5.41) is 10.6. The van der Waals surface area contributed by atoms with Crippen LogP contribution in [0, 0.1) is 12.8 Å². The van der Waals surface area contributed by atoms with E-state index < -0.39 is 6.10 Å². The highest BCUT2D eigenvalue weighted by Gasteiger charge is 2.42. The minimum Gasteiger partial charge on any atom is -0.388 e. The SMILES string of the molecule is Cc1cc(C(O)C2CCOC3(CCOC3)C2)ccn1. The first kappa shape index (κ1) is 13.0. The zero-order valence-corrected chi connectivity index (χ0v) is 11.3. The molecule has 4 heteroatoms. The van der Waals surface area contributed by atoms with Crippen LogP contribution in [0.5, 0.6) is 0 Å². The number of hydrogen-bond acceptors (Lipinski definition) is 4. The first-order valence-electron chi connectivity index (χ1n) is 7.01. The third-order valence-corrected chi connectivity index (χ3v) is 4.31. The molecule has 0 radical (unpaired) electrons. The molecule has 0 amide bonds. The highest BCUT2D eigenvalue weighted by Crippen LogP contribution is 2.40. The monoisotopic (exact) mass is 263 g/mol. The predicted molar refractivity (Wildman–Crippen MR) is 70.8 cm³/mol. The second-order valence-electron chi connectivity index (χ2n) is 5.76. The third kappa shape index (κ3) is 2.66. The zero-order valence-electron chi connectivity index (χ0n) is 11.3. The van der Waals surface area contributed by atoms with Gasteiger partial charge in [0.25, 0.3) is 0 Å². The van der Waals surface area contributed by atoms with Gasteiger partial charge in [-0.15, -0.1) is 0 Å². The van der Waals surface area contributed by atoms with Gasteiger partial charge in [-0.25, -0.2) is 0 Å². The van der Waals surface area contributed by atoms with Gasteiger partial charge >= 0.3 is 0 Å². The Morgan fingerprint density at radius 2 is 2.37 bits per heavy atom. The molecule has 1 aromatic rings. The number of hydrogen-bond donors (Lipinski definition) is 1. The Balaban J connectivity index is 1.74. The molecule has 1 aromatic heterocycles. The van der Waals surface area contributed by atoms with E-state index in [0.717, 1.165) is 43.7 Å². The fraction of sp³-hybridized carbons (Fsp3) is 0.667. The molecule has 2 fully saturated rings. The lowest BCUT2D eigenvalue weighted by Gasteiger charge is -2.39. The van der Waals surface area contributed by atoms with E-state index in [9.17, 15) is 5.11 Å². The minimum atomic E-state index is -0.428. The predicted octanol–water partition coefficient (Wildman–Crippen LogP) is 2.01. The molecule has 0 aromatic carbocycles. The van der Waals surface area contributed by atoms with Crippen molar-refractivity contribution >= 4 is 0 Å². The Morgan fingerprint density at radius 1 is 1.47 bits per heavy atom. The average Bonchev–Trinajstić information content (AvgIpc) is 2.86. The van der Waals surface area contributed by atoms with E-state index in [2.05, 4.69) is 4.98 Å². The summed E-state index contributed by atoms with van der Waals surface area (Å²) in [6.07, 6.45) is 4.08. The minimum absolute atomic E-state index is 0.147. The van der Waals surface area contributed by atoms with E-state index in [4.69, 9.17) is 9.47 Å². The molecule has 1 N–H and O–H groups in total. The maximum atomic E-state index is 10.6. The van der Waals surface area contributed by atoms with Gasteiger partial charge < -0.3 is 14.6 Å². The van der Waals surface area contributed by atoms with Gasteiger partial charge in [-0.1, -0.05) is 0 Å². The van der Waals surface area contributed by atoms with Crippen molar-refractivity contribution in [2.45, 2.75) is 37.9 Å². The number of nitrogens with zero attached hydrogens (tertiary/aromatic N) is 1. The molecule has 3 unspecified atom stereocenters. The Bertz CT molecular complexity index is 443. The highest BCUT2D eigenvalue weighted by atomic mass is 16.6. The van der Waals surface area contributed by atoms with Crippen molar-refractivity contribution in [2.24, 2.45) is 5.92 Å². The van der Waals surface area contributed by atoms with E-state index in [1.165, 1.54) is 0 Å². The maximum absolute atomic E-state index is 10.6. The van der Waals surface area contributed by atoms with Gasteiger partial charge in [0.1, 0.15) is 0 Å². The smallest absolute Gasteiger partial charge is 0.0940 e. The van der Waals surface area contributed by atoms with E-state index in [-0.39, 0.29) is 11.5 Å². The van der Waals surface area contributed by atoms with Crippen LogP contribution in [0.15, 0.2) is 18.3 Å². The molecule has 104 valence electrons. The second kappa shape index (κ2) is 5.19. The van der Waals surface area contributed by atoms with E-state index in [0.29, 0.717) is 6.61 Å². The van der Waals surface area contributed by atoms with Crippen LogP contribution in [0.2, 0.25) is 0 Å². The topological polar surface area (TPSA) is 51.6 Å². The quantitative estimate of drug-likeness (QED) is 0.886. The summed E-state index contributed by atoms with van der Waals surface area (Å²) in [6.45, 7) is 4.12. The maximum Gasteiger partial charge on any atom is 0.0940 e. The molecule has 19 heavy (non-hydrogen) atoms. The number of ether oxygens (including phenoxy) is 2. The average molecular weight is 263 g/mol. The van der Waals surface area contributed by atoms with Crippen molar-refractivity contribution < 1.29 is 14.6 Å². The largest absolute Gasteiger partial charge is 0.388 e. The van der Waals surface area contributed by atoms with Crippen molar-refractivity contribution in [1.82, 2.24) is 4.98 Å². The Hall–Kier alpha value is -0.970. The number of aliphatic hydroxyl groups excluding tert-OH is 1. The number of aryl methyl sites for hydroxylation is 1. The Labute approximate surface area is 113 Å². The van der Waals surface area contributed by atoms with Crippen LogP contribution in [0.4, 0.5) is 0 Å². The highest BCUT2D eigenvalue weighted by molar-refractivity contribution is 5.19. The van der Waals surface area contributed by atoms with Crippen LogP contribution in [-0.2, 0) is 9.47 Å². The van der Waals surface area contributed by atoms with Gasteiger partial charge in [-0.05, 0) is 43.4 Å². The van der Waals surface area contributed by atoms with Gasteiger partial charge in [-0.3, -0.25) is 4.98 Å². The molecule has 0 aliphatic carbocycles. The third-order valence-electron chi connectivity index (χ3n) is 4.31. The summed E-state index contributed by atoms with van der Waals surface area (Å²) in [5.41, 5.74) is 1.77. The summed E-state index contributed by atoms with van der Waals surface area (Å²) in [6, 6.07) is 3.88. The molecule has 3 atom stereocenters. The molecule has 0 saturated carbocycles. The normalized spacial score (nSPS) is 32.6. The van der Waals surface area contributed by atoms with Gasteiger partial charge in [0.05, 0.1) is 18.3 Å². The fourth-order valence-corrected chi connectivity index (χ4v) is 3.22. The van der Waals surface area contributed by atoms with E-state index in [1.54, 1.807) is 6.20 Å². The van der Waals surface area contributed by atoms with Gasteiger partial charge in [0.2, 0.25) is 0 Å². The van der Waals surface area contributed by atoms with Gasteiger partial charge in [0, 0.05) is 31.5 Å². The van der Waals surface area contributed by atoms with Crippen molar-refractivity contribution in [2.75, 3.05) is 19.8 Å². The lowest BCUT2D eigenvalue weighted by atomic mass is 9.80. The first-order valence-corrected chi connectivity index (χ1v) is 7.01. The van der Waals surface area contributed by atoms with Gasteiger partial charge in [-0.2, -0.15) is 0 Å². The molecule has 1 spiro atoms. The lowest BCUT2D eigenvalue weighted by Crippen LogP contribution is -2.41. The summed E-state index contributed by atoms with van der Waals surface area (Å²) in [7, 11) is 0. The zero-order chi connectivity index (χ0) is 13.3. The standard InChI is InChI=1S/C15H21NO3/c1-11-8-12(2-5-16-11)14(17)13-3-6-19-15(9-13)4-7-18-10-15/h2,5,8,13-14,17H,3-4,6-7,9-10H2,1H3. The molecule has 3 heterocycles. The summed E-state index contributed by atoms with van der Waals surface area (Å²) in [5.74, 6) is 0.247. The Morgan fingerprint density at radius 3 is 3.11 bits per heavy atom. The lowest BCUT2D eigenvalue weighted by molar-refractivity contribution is -0.117. The van der Waals surface area contributed by atoms with Gasteiger partial charge in [0.15, 0.2) is 0 Å². The van der Waals surface area contributed by atoms with Crippen LogP contribution < -0.4 is 0 Å². The molecular weight excluding hydrogens is 242 g/mol. The summed E-state index contributed by atoms with van der Waals surface area (Å²) >= 11 is 0. The summed E-state index contributed by atoms with van der Waals surface area (Å²) in [4.78, 5) is 4.18. The van der Waals surface area contributed by atoms with Crippen LogP contribution in [0.25, 0.3) is 0 Å². The molecule has 2 aliphatic rings. The second-order valence-corrected chi connectivity index (χ2v) is 5.76. The summed E-state index contributed by atoms with van der Waals surface area (Å²) < 4.78 is 11.4. The van der Waals surface area contributed by atoms with E-state index >= 15 is 0 Å². The van der Waals surface area contributed by atoms with Crippen molar-refractivity contribution in [3.63, 3.8) is 0 Å². The molecule has 4 nitrogen and oxygen atoms in total. The van der Waals surface area contributed by atoms with Crippen molar-refractivity contribution in [3.8, 4) is 0 Å². The van der Waals surface area contributed by atoms with Crippen LogP contribution in [-0.4, -0.2) is 35.5 Å². The number of aliphatic hydroxyl groups is 1. The van der Waals surface area contributed by atoms with Crippen molar-refractivity contribution in [3.05, 3.63) is 29.6 Å². The number of rotatable bonds is 2. The molecule has 2 saturated heterocycles. The molecule has 0 bridgehead atoms. The number of pyridine rings is 1. The molecule has 2 aliphatic heterocycles. The van der Waals surface area contributed by atoms with Crippen LogP contribution >= 0.6 is 0 Å².